The molecule has 0 fully saturated rings. The molecule has 2 unspecified atom stereocenters. The molecule has 2 aromatic rings. The number of aromatic nitrogens is 4. The smallest absolute Gasteiger partial charge is 0.165 e. The number of unbranched alkanes of at least 4 members (excludes halogenated alkanes) is 7. The van der Waals surface area contributed by atoms with E-state index in [0.29, 0.717) is 17.0 Å². The molecule has 0 aliphatic heterocycles. The average Bonchev–Trinajstić information content (AvgIpc) is 2.98. The number of anilines is 1. The Morgan fingerprint density at radius 1 is 1.04 bits per heavy atom. The summed E-state index contributed by atoms with van der Waals surface area (Å²) in [6.07, 6.45) is 13.9. The molecular weight excluding hydrogens is 302 g/mol. The van der Waals surface area contributed by atoms with E-state index in [1.807, 2.05) is 11.5 Å². The van der Waals surface area contributed by atoms with Gasteiger partial charge in [0.05, 0.1) is 18.5 Å². The Morgan fingerprint density at radius 2 is 1.71 bits per heavy atom. The van der Waals surface area contributed by atoms with Gasteiger partial charge < -0.3 is 15.4 Å². The molecule has 0 aromatic carbocycles. The molecule has 24 heavy (non-hydrogen) atoms. The summed E-state index contributed by atoms with van der Waals surface area (Å²) in [6, 6.07) is -0.0237. The summed E-state index contributed by atoms with van der Waals surface area (Å²) < 4.78 is 1.94. The van der Waals surface area contributed by atoms with Crippen LogP contribution in [0.3, 0.4) is 0 Å². The molecular formula is C18H31N5O. The number of aliphatic hydroxyl groups is 1. The maximum atomic E-state index is 10.2. The minimum Gasteiger partial charge on any atom is -0.391 e. The van der Waals surface area contributed by atoms with E-state index < -0.39 is 6.10 Å². The molecule has 0 bridgehead atoms. The van der Waals surface area contributed by atoms with Crippen molar-refractivity contribution in [3.63, 3.8) is 0 Å². The standard InChI is InChI=1S/C18H31N5O/c1-3-4-5-6-7-8-9-10-11-15(14(2)24)23-13-22-16-17(19)20-12-21-18(16)23/h12-15,24H,3-11H2,1-2H3,(H2,19,20,21). The molecule has 0 amide bonds. The van der Waals surface area contributed by atoms with Crippen LogP contribution >= 0.6 is 0 Å². The van der Waals surface area contributed by atoms with Gasteiger partial charge in [-0.1, -0.05) is 58.3 Å². The molecule has 0 saturated carbocycles. The highest BCUT2D eigenvalue weighted by molar-refractivity contribution is 5.81. The van der Waals surface area contributed by atoms with Gasteiger partial charge in [0.25, 0.3) is 0 Å². The van der Waals surface area contributed by atoms with Crippen LogP contribution in [0, 0.1) is 0 Å². The molecule has 134 valence electrons. The van der Waals surface area contributed by atoms with E-state index >= 15 is 0 Å². The molecule has 0 radical (unpaired) electrons. The molecule has 0 spiro atoms. The summed E-state index contributed by atoms with van der Waals surface area (Å²) in [5, 5.41) is 10.2. The Balaban J connectivity index is 1.87. The Kier molecular flexibility index (Phi) is 7.43. The second-order valence-corrected chi connectivity index (χ2v) is 6.65. The molecule has 6 nitrogen and oxygen atoms in total. The van der Waals surface area contributed by atoms with E-state index in [0.717, 1.165) is 12.8 Å². The number of fused-ring (bicyclic) bond motifs is 1. The van der Waals surface area contributed by atoms with Crippen molar-refractivity contribution in [3.8, 4) is 0 Å². The average molecular weight is 333 g/mol. The van der Waals surface area contributed by atoms with Crippen LogP contribution in [-0.4, -0.2) is 30.7 Å². The lowest BCUT2D eigenvalue weighted by Crippen LogP contribution is -2.21. The van der Waals surface area contributed by atoms with Gasteiger partial charge in [-0.15, -0.1) is 0 Å². The largest absolute Gasteiger partial charge is 0.391 e. The molecule has 2 atom stereocenters. The van der Waals surface area contributed by atoms with Gasteiger partial charge in [0, 0.05) is 0 Å². The van der Waals surface area contributed by atoms with Gasteiger partial charge in [0.2, 0.25) is 0 Å². The van der Waals surface area contributed by atoms with E-state index in [1.165, 1.54) is 51.3 Å². The van der Waals surface area contributed by atoms with Gasteiger partial charge in [-0.05, 0) is 13.3 Å². The maximum absolute atomic E-state index is 10.2. The van der Waals surface area contributed by atoms with Crippen molar-refractivity contribution in [2.75, 3.05) is 5.73 Å². The SMILES string of the molecule is CCCCCCCCCCC(C(C)O)n1cnc2c(N)ncnc21. The summed E-state index contributed by atoms with van der Waals surface area (Å²) in [5.74, 6) is 0.384. The number of nitrogens with two attached hydrogens (primary N) is 1. The molecule has 2 heterocycles. The van der Waals surface area contributed by atoms with Crippen molar-refractivity contribution >= 4 is 17.0 Å². The fourth-order valence-corrected chi connectivity index (χ4v) is 3.21. The second kappa shape index (κ2) is 9.57. The number of rotatable bonds is 11. The molecule has 2 aromatic heterocycles. The van der Waals surface area contributed by atoms with Crippen LogP contribution in [-0.2, 0) is 0 Å². The Hall–Kier alpha value is -1.69. The highest BCUT2D eigenvalue weighted by Crippen LogP contribution is 2.25. The number of hydrogen-bond donors (Lipinski definition) is 2. The highest BCUT2D eigenvalue weighted by atomic mass is 16.3. The number of nitrogen functional groups attached to an aromatic ring is 1. The summed E-state index contributed by atoms with van der Waals surface area (Å²) in [5.41, 5.74) is 7.16. The minimum atomic E-state index is -0.455. The molecule has 6 heteroatoms. The zero-order chi connectivity index (χ0) is 17.4. The number of hydrogen-bond acceptors (Lipinski definition) is 5. The minimum absolute atomic E-state index is 0.0237. The van der Waals surface area contributed by atoms with Crippen LogP contribution in [0.2, 0.25) is 0 Å². The first-order chi connectivity index (χ1) is 11.6. The van der Waals surface area contributed by atoms with Gasteiger partial charge >= 0.3 is 0 Å². The quantitative estimate of drug-likeness (QED) is 0.609. The van der Waals surface area contributed by atoms with E-state index in [4.69, 9.17) is 5.73 Å². The van der Waals surface area contributed by atoms with Gasteiger partial charge in [-0.2, -0.15) is 0 Å². The first-order valence-corrected chi connectivity index (χ1v) is 9.26. The monoisotopic (exact) mass is 333 g/mol. The van der Waals surface area contributed by atoms with Crippen LogP contribution in [0.4, 0.5) is 5.82 Å². The van der Waals surface area contributed by atoms with Crippen LogP contribution in [0.25, 0.3) is 11.2 Å². The molecule has 0 aliphatic carbocycles. The zero-order valence-corrected chi connectivity index (χ0v) is 15.0. The Morgan fingerprint density at radius 3 is 2.38 bits per heavy atom. The van der Waals surface area contributed by atoms with Crippen molar-refractivity contribution in [1.82, 2.24) is 19.5 Å². The number of nitrogens with zero attached hydrogens (tertiary/aromatic N) is 4. The second-order valence-electron chi connectivity index (χ2n) is 6.65. The van der Waals surface area contributed by atoms with E-state index in [2.05, 4.69) is 21.9 Å². The lowest BCUT2D eigenvalue weighted by Gasteiger charge is -2.21. The fourth-order valence-electron chi connectivity index (χ4n) is 3.21. The number of aliphatic hydroxyl groups excluding tert-OH is 1. The third-order valence-corrected chi connectivity index (χ3v) is 4.65. The zero-order valence-electron chi connectivity index (χ0n) is 15.0. The van der Waals surface area contributed by atoms with Gasteiger partial charge in [0.15, 0.2) is 11.5 Å². The fraction of sp³-hybridized carbons (Fsp3) is 0.722. The van der Waals surface area contributed by atoms with Crippen LogP contribution in [0.15, 0.2) is 12.7 Å². The summed E-state index contributed by atoms with van der Waals surface area (Å²) in [6.45, 7) is 4.07. The van der Waals surface area contributed by atoms with E-state index in [-0.39, 0.29) is 6.04 Å². The summed E-state index contributed by atoms with van der Waals surface area (Å²) in [4.78, 5) is 12.6. The first-order valence-electron chi connectivity index (χ1n) is 9.26. The van der Waals surface area contributed by atoms with Crippen molar-refractivity contribution < 1.29 is 5.11 Å². The Labute approximate surface area is 144 Å². The molecule has 0 saturated heterocycles. The lowest BCUT2D eigenvalue weighted by molar-refractivity contribution is 0.124. The topological polar surface area (TPSA) is 89.8 Å². The van der Waals surface area contributed by atoms with Crippen LogP contribution < -0.4 is 5.73 Å². The third kappa shape index (κ3) is 4.90. The molecule has 0 aliphatic rings. The van der Waals surface area contributed by atoms with E-state index in [1.54, 1.807) is 6.33 Å². The Bertz CT molecular complexity index is 610. The summed E-state index contributed by atoms with van der Waals surface area (Å²) in [7, 11) is 0. The third-order valence-electron chi connectivity index (χ3n) is 4.65. The predicted octanol–water partition coefficient (Wildman–Crippen LogP) is 3.86. The van der Waals surface area contributed by atoms with E-state index in [9.17, 15) is 5.11 Å². The van der Waals surface area contributed by atoms with Crippen molar-refractivity contribution in [3.05, 3.63) is 12.7 Å². The normalized spacial score (nSPS) is 14.1. The van der Waals surface area contributed by atoms with Gasteiger partial charge in [-0.3, -0.25) is 0 Å². The van der Waals surface area contributed by atoms with Gasteiger partial charge in [0.1, 0.15) is 11.8 Å². The van der Waals surface area contributed by atoms with Crippen molar-refractivity contribution in [2.24, 2.45) is 0 Å². The predicted molar refractivity (Wildman–Crippen MR) is 97.7 cm³/mol. The van der Waals surface area contributed by atoms with Crippen LogP contribution in [0.1, 0.15) is 77.7 Å². The first kappa shape index (κ1) is 18.6. The number of imidazole rings is 1. The highest BCUT2D eigenvalue weighted by Gasteiger charge is 2.20. The lowest BCUT2D eigenvalue weighted by atomic mass is 10.0. The molecule has 2 rings (SSSR count). The maximum Gasteiger partial charge on any atom is 0.165 e. The summed E-state index contributed by atoms with van der Waals surface area (Å²) >= 11 is 0. The van der Waals surface area contributed by atoms with Crippen LogP contribution in [0.5, 0.6) is 0 Å². The molecule has 3 N–H and O–H groups in total. The van der Waals surface area contributed by atoms with Gasteiger partial charge in [-0.25, -0.2) is 15.0 Å². The van der Waals surface area contributed by atoms with Crippen molar-refractivity contribution in [1.29, 1.82) is 0 Å². The van der Waals surface area contributed by atoms with Crippen molar-refractivity contribution in [2.45, 2.75) is 83.8 Å².